The topological polar surface area (TPSA) is 63.7 Å². The fourth-order valence-electron chi connectivity index (χ4n) is 2.87. The number of hydrogen-bond acceptors (Lipinski definition) is 4. The molecule has 0 bridgehead atoms. The number of carbonyl (C=O) groups is 3. The average Bonchev–Trinajstić information content (AvgIpc) is 3.18. The van der Waals surface area contributed by atoms with E-state index < -0.39 is 17.8 Å². The molecule has 21 heavy (non-hydrogen) atoms. The van der Waals surface area contributed by atoms with Crippen molar-refractivity contribution in [2.24, 2.45) is 5.92 Å². The Morgan fingerprint density at radius 1 is 0.857 bits per heavy atom. The molecule has 0 aromatic rings. The van der Waals surface area contributed by atoms with E-state index in [0.717, 1.165) is 25.7 Å². The number of imide groups is 1. The minimum atomic E-state index is -0.434. The summed E-state index contributed by atoms with van der Waals surface area (Å²) in [4.78, 5) is 38.7. The molecule has 3 rings (SSSR count). The summed E-state index contributed by atoms with van der Waals surface area (Å²) in [6, 6.07) is 0. The van der Waals surface area contributed by atoms with Gasteiger partial charge in [0.05, 0.1) is 5.92 Å². The van der Waals surface area contributed by atoms with Crippen molar-refractivity contribution in [1.29, 1.82) is 0 Å². The molecule has 0 spiro atoms. The molecule has 0 aromatic heterocycles. The van der Waals surface area contributed by atoms with Crippen LogP contribution < -0.4 is 0 Å². The molecule has 3 aliphatic rings. The van der Waals surface area contributed by atoms with Crippen molar-refractivity contribution in [3.8, 4) is 0 Å². The van der Waals surface area contributed by atoms with Crippen LogP contribution in [-0.2, 0) is 36.3 Å². The Bertz CT molecular complexity index is 352. The number of rotatable bonds is 2. The zero-order valence-corrected chi connectivity index (χ0v) is 13.4. The largest absolute Gasteiger partial charge is 0.336 e. The molecule has 0 aromatic carbocycles. The molecule has 5 nitrogen and oxygen atoms in total. The van der Waals surface area contributed by atoms with Gasteiger partial charge in [0.25, 0.3) is 11.8 Å². The van der Waals surface area contributed by atoms with Crippen molar-refractivity contribution in [2.45, 2.75) is 70.6 Å². The Balaban J connectivity index is 0.000000313. The van der Waals surface area contributed by atoms with Crippen LogP contribution in [0, 0.1) is 5.92 Å². The maximum atomic E-state index is 11.5. The van der Waals surface area contributed by atoms with Gasteiger partial charge in [-0.3, -0.25) is 9.59 Å². The molecule has 6 heteroatoms. The maximum absolute atomic E-state index is 11.5. The number of nitrogens with zero attached hydrogens (tertiary/aromatic N) is 1. The summed E-state index contributed by atoms with van der Waals surface area (Å²) in [5, 5.41) is 0.626. The molecular weight excluding hydrogens is 314 g/mol. The van der Waals surface area contributed by atoms with Crippen molar-refractivity contribution in [2.75, 3.05) is 0 Å². The fourth-order valence-corrected chi connectivity index (χ4v) is 2.87. The van der Waals surface area contributed by atoms with Gasteiger partial charge in [-0.25, -0.2) is 4.79 Å². The third-order valence-corrected chi connectivity index (χ3v) is 4.13. The first-order valence-electron chi connectivity index (χ1n) is 7.76. The van der Waals surface area contributed by atoms with E-state index in [1.165, 1.54) is 32.1 Å². The summed E-state index contributed by atoms with van der Waals surface area (Å²) < 4.78 is 0. The van der Waals surface area contributed by atoms with Gasteiger partial charge in [0.15, 0.2) is 0 Å². The predicted molar refractivity (Wildman–Crippen MR) is 72.2 cm³/mol. The second-order valence-corrected chi connectivity index (χ2v) is 5.74. The van der Waals surface area contributed by atoms with Gasteiger partial charge in [-0.2, -0.15) is 0 Å². The normalized spacial score (nSPS) is 21.8. The van der Waals surface area contributed by atoms with Gasteiger partial charge >= 0.3 is 5.97 Å². The van der Waals surface area contributed by atoms with Crippen LogP contribution in [0.25, 0.3) is 0 Å². The van der Waals surface area contributed by atoms with Crippen LogP contribution in [0.5, 0.6) is 0 Å². The quantitative estimate of drug-likeness (QED) is 0.574. The Hall–Kier alpha value is -0.871. The summed E-state index contributed by atoms with van der Waals surface area (Å²) in [6.07, 6.45) is 11.4. The minimum absolute atomic E-state index is 0. The Kier molecular flexibility index (Phi) is 7.97. The van der Waals surface area contributed by atoms with Gasteiger partial charge in [0.2, 0.25) is 0 Å². The zero-order chi connectivity index (χ0) is 14.4. The monoisotopic (exact) mass is 337 g/mol. The summed E-state index contributed by atoms with van der Waals surface area (Å²) in [5.41, 5.74) is 0. The third-order valence-electron chi connectivity index (χ3n) is 4.13. The van der Waals surface area contributed by atoms with Crippen LogP contribution in [0.3, 0.4) is 0 Å². The van der Waals surface area contributed by atoms with Crippen molar-refractivity contribution in [3.05, 3.63) is 0 Å². The van der Waals surface area contributed by atoms with Crippen LogP contribution >= 0.6 is 0 Å². The van der Waals surface area contributed by atoms with Crippen molar-refractivity contribution >= 4 is 17.8 Å². The van der Waals surface area contributed by atoms with E-state index in [1.807, 2.05) is 0 Å². The molecule has 2 saturated carbocycles. The third kappa shape index (κ3) is 5.44. The fraction of sp³-hybridized carbons (Fsp3) is 0.800. The zero-order valence-electron chi connectivity index (χ0n) is 12.3. The van der Waals surface area contributed by atoms with Crippen molar-refractivity contribution in [1.82, 2.24) is 5.06 Å². The van der Waals surface area contributed by atoms with Gasteiger partial charge in [-0.1, -0.05) is 44.9 Å². The molecule has 1 saturated heterocycles. The van der Waals surface area contributed by atoms with Gasteiger partial charge in [0.1, 0.15) is 0 Å². The first-order valence-corrected chi connectivity index (χ1v) is 7.76. The number of carbonyl (C=O) groups excluding carboxylic acids is 3. The van der Waals surface area contributed by atoms with E-state index in [9.17, 15) is 14.4 Å². The number of amides is 2. The molecule has 0 atom stereocenters. The molecular formula is C15H23FeNO4. The summed E-state index contributed by atoms with van der Waals surface area (Å²) in [5.74, 6) is -1.39. The number of hydroxylamine groups is 2. The van der Waals surface area contributed by atoms with Crippen LogP contribution in [0.15, 0.2) is 0 Å². The van der Waals surface area contributed by atoms with E-state index in [1.54, 1.807) is 0 Å². The van der Waals surface area contributed by atoms with E-state index in [0.29, 0.717) is 5.06 Å². The SMILES string of the molecule is C1CCCC1.O=C(ON1C(=O)CCC1=O)C1CCCC1.[Fe]. The molecule has 0 radical (unpaired) electrons. The second-order valence-electron chi connectivity index (χ2n) is 5.74. The van der Waals surface area contributed by atoms with Gasteiger partial charge in [0, 0.05) is 29.9 Å². The van der Waals surface area contributed by atoms with Crippen molar-refractivity contribution in [3.63, 3.8) is 0 Å². The van der Waals surface area contributed by atoms with E-state index in [2.05, 4.69) is 0 Å². The van der Waals surface area contributed by atoms with Gasteiger partial charge in [-0.05, 0) is 12.8 Å². The number of hydrogen-bond donors (Lipinski definition) is 0. The van der Waals surface area contributed by atoms with E-state index in [4.69, 9.17) is 4.84 Å². The summed E-state index contributed by atoms with van der Waals surface area (Å²) in [6.45, 7) is 0. The predicted octanol–water partition coefficient (Wildman–Crippen LogP) is 2.73. The second kappa shape index (κ2) is 9.21. The molecule has 1 heterocycles. The van der Waals surface area contributed by atoms with Crippen LogP contribution in [0.2, 0.25) is 0 Å². The van der Waals surface area contributed by atoms with Crippen LogP contribution in [-0.4, -0.2) is 22.8 Å². The standard InChI is InChI=1S/C10H13NO4.C5H10.Fe/c12-8-5-6-9(13)11(8)15-10(14)7-3-1-2-4-7;1-2-4-5-3-1;/h7H,1-6H2;1-5H2;. The Morgan fingerprint density at radius 2 is 1.29 bits per heavy atom. The van der Waals surface area contributed by atoms with Crippen molar-refractivity contribution < 1.29 is 36.3 Å². The summed E-state index contributed by atoms with van der Waals surface area (Å²) in [7, 11) is 0. The minimum Gasteiger partial charge on any atom is -0.330 e. The van der Waals surface area contributed by atoms with E-state index >= 15 is 0 Å². The molecule has 3 fully saturated rings. The maximum Gasteiger partial charge on any atom is 0.336 e. The van der Waals surface area contributed by atoms with E-state index in [-0.39, 0.29) is 35.8 Å². The molecule has 0 unspecified atom stereocenters. The first-order chi connectivity index (χ1) is 9.68. The molecule has 2 amide bonds. The van der Waals surface area contributed by atoms with Crippen LogP contribution in [0.4, 0.5) is 0 Å². The molecule has 120 valence electrons. The Morgan fingerprint density at radius 3 is 1.71 bits per heavy atom. The average molecular weight is 337 g/mol. The molecule has 0 N–H and O–H groups in total. The van der Waals surface area contributed by atoms with Gasteiger partial charge < -0.3 is 4.84 Å². The van der Waals surface area contributed by atoms with Crippen LogP contribution in [0.1, 0.15) is 70.6 Å². The molecule has 1 aliphatic heterocycles. The first kappa shape index (κ1) is 18.2. The summed E-state index contributed by atoms with van der Waals surface area (Å²) >= 11 is 0. The van der Waals surface area contributed by atoms with Gasteiger partial charge in [-0.15, -0.1) is 5.06 Å². The Labute approximate surface area is 136 Å². The molecule has 2 aliphatic carbocycles. The smallest absolute Gasteiger partial charge is 0.330 e.